The molecule has 88 valence electrons. The van der Waals surface area contributed by atoms with Crippen molar-refractivity contribution in [1.29, 1.82) is 0 Å². The molecule has 0 aliphatic heterocycles. The quantitative estimate of drug-likeness (QED) is 0.571. The van der Waals surface area contributed by atoms with Gasteiger partial charge in [-0.25, -0.2) is 9.78 Å². The number of carboxylic acids is 1. The third-order valence-corrected chi connectivity index (χ3v) is 2.29. The summed E-state index contributed by atoms with van der Waals surface area (Å²) in [4.78, 5) is 24.6. The zero-order valence-corrected chi connectivity index (χ0v) is 9.12. The van der Waals surface area contributed by atoms with E-state index in [0.29, 0.717) is 18.3 Å². The van der Waals surface area contributed by atoms with E-state index in [1.165, 1.54) is 16.7 Å². The molecule has 0 bridgehead atoms. The minimum absolute atomic E-state index is 0.00514. The number of primary amides is 1. The number of rotatable bonds is 7. The van der Waals surface area contributed by atoms with Crippen LogP contribution >= 0.6 is 11.3 Å². The molecule has 1 aromatic rings. The summed E-state index contributed by atoms with van der Waals surface area (Å²) >= 11 is 1.19. The van der Waals surface area contributed by atoms with Crippen molar-refractivity contribution in [1.82, 2.24) is 4.98 Å². The van der Waals surface area contributed by atoms with E-state index in [9.17, 15) is 9.59 Å². The fraction of sp³-hybridized carbons (Fsp3) is 0.375. The monoisotopic (exact) mass is 245 g/mol. The first kappa shape index (κ1) is 12.4. The van der Waals surface area contributed by atoms with E-state index in [2.05, 4.69) is 10.3 Å². The largest absolute Gasteiger partial charge is 0.476 e. The van der Waals surface area contributed by atoms with Gasteiger partial charge in [0.15, 0.2) is 10.8 Å². The number of thiazole rings is 1. The maximum Gasteiger partial charge on any atom is 0.355 e. The molecule has 0 radical (unpaired) electrons. The Labute approximate surface area is 95.2 Å². The van der Waals surface area contributed by atoms with Gasteiger partial charge in [-0.3, -0.25) is 4.79 Å². The molecule has 4 N–H and O–H groups in total. The molecule has 7 nitrogen and oxygen atoms in total. The minimum atomic E-state index is -1.06. The Morgan fingerprint density at radius 3 is 2.94 bits per heavy atom. The summed E-state index contributed by atoms with van der Waals surface area (Å²) in [6, 6.07) is 0. The van der Waals surface area contributed by atoms with E-state index in [-0.39, 0.29) is 12.3 Å². The summed E-state index contributed by atoms with van der Waals surface area (Å²) < 4.78 is 4.89. The van der Waals surface area contributed by atoms with Crippen molar-refractivity contribution in [3.8, 4) is 0 Å². The Morgan fingerprint density at radius 1 is 1.62 bits per heavy atom. The van der Waals surface area contributed by atoms with Gasteiger partial charge in [0, 0.05) is 11.9 Å². The first-order chi connectivity index (χ1) is 7.59. The van der Waals surface area contributed by atoms with Crippen LogP contribution in [-0.2, 0) is 9.53 Å². The number of nitrogens with two attached hydrogens (primary N) is 1. The maximum atomic E-state index is 10.5. The van der Waals surface area contributed by atoms with Gasteiger partial charge in [-0.1, -0.05) is 0 Å². The molecule has 1 heterocycles. The second-order valence-electron chi connectivity index (χ2n) is 2.79. The molecule has 0 atom stereocenters. The van der Waals surface area contributed by atoms with E-state index in [1.54, 1.807) is 0 Å². The van der Waals surface area contributed by atoms with Gasteiger partial charge in [-0.2, -0.15) is 0 Å². The van der Waals surface area contributed by atoms with Crippen molar-refractivity contribution >= 4 is 28.3 Å². The third kappa shape index (κ3) is 4.24. The number of aromatic nitrogens is 1. The molecular formula is C8H11N3O4S. The number of nitrogens with zero attached hydrogens (tertiary/aromatic N) is 1. The van der Waals surface area contributed by atoms with Crippen molar-refractivity contribution in [3.05, 3.63) is 11.1 Å². The van der Waals surface area contributed by atoms with Crippen LogP contribution in [0.5, 0.6) is 0 Å². The summed E-state index contributed by atoms with van der Waals surface area (Å²) in [5.74, 6) is -1.59. The normalized spacial score (nSPS) is 10.0. The SMILES string of the molecule is NC(=O)COCCNc1nc(C(=O)O)cs1. The molecule has 16 heavy (non-hydrogen) atoms. The van der Waals surface area contributed by atoms with E-state index in [0.717, 1.165) is 0 Å². The van der Waals surface area contributed by atoms with Gasteiger partial charge in [-0.05, 0) is 0 Å². The summed E-state index contributed by atoms with van der Waals surface area (Å²) in [6.45, 7) is 0.602. The number of amides is 1. The van der Waals surface area contributed by atoms with Crippen molar-refractivity contribution in [2.45, 2.75) is 0 Å². The number of hydrogen-bond donors (Lipinski definition) is 3. The molecule has 0 aliphatic carbocycles. The van der Waals surface area contributed by atoms with E-state index in [1.807, 2.05) is 0 Å². The van der Waals surface area contributed by atoms with Crippen LogP contribution < -0.4 is 11.1 Å². The van der Waals surface area contributed by atoms with Gasteiger partial charge in [0.25, 0.3) is 0 Å². The van der Waals surface area contributed by atoms with Crippen molar-refractivity contribution in [2.24, 2.45) is 5.73 Å². The van der Waals surface area contributed by atoms with Crippen molar-refractivity contribution in [3.63, 3.8) is 0 Å². The molecule has 1 amide bonds. The number of aromatic carboxylic acids is 1. The lowest BCUT2D eigenvalue weighted by molar-refractivity contribution is -0.122. The summed E-state index contributed by atoms with van der Waals surface area (Å²) in [5.41, 5.74) is 4.87. The van der Waals surface area contributed by atoms with Crippen molar-refractivity contribution in [2.75, 3.05) is 25.1 Å². The number of nitrogens with one attached hydrogen (secondary N) is 1. The molecule has 1 aromatic heterocycles. The second-order valence-corrected chi connectivity index (χ2v) is 3.65. The number of anilines is 1. The standard InChI is InChI=1S/C8H11N3O4S/c9-6(12)3-15-2-1-10-8-11-5(4-16-8)7(13)14/h4H,1-3H2,(H2,9,12)(H,10,11)(H,13,14). The van der Waals surface area contributed by atoms with Gasteiger partial charge in [0.2, 0.25) is 5.91 Å². The topological polar surface area (TPSA) is 115 Å². The van der Waals surface area contributed by atoms with Crippen LogP contribution in [0.25, 0.3) is 0 Å². The van der Waals surface area contributed by atoms with E-state index < -0.39 is 11.9 Å². The number of carbonyl (C=O) groups excluding carboxylic acids is 1. The molecular weight excluding hydrogens is 234 g/mol. The summed E-state index contributed by atoms with van der Waals surface area (Å²) in [7, 11) is 0. The highest BCUT2D eigenvalue weighted by Gasteiger charge is 2.07. The number of carboxylic acid groups (broad SMARTS) is 1. The van der Waals surface area contributed by atoms with Gasteiger partial charge in [0.1, 0.15) is 6.61 Å². The van der Waals surface area contributed by atoms with Crippen LogP contribution in [0.1, 0.15) is 10.5 Å². The molecule has 0 saturated carbocycles. The Balaban J connectivity index is 2.21. The first-order valence-corrected chi connectivity index (χ1v) is 5.26. The zero-order chi connectivity index (χ0) is 12.0. The van der Waals surface area contributed by atoms with Gasteiger partial charge >= 0.3 is 5.97 Å². The lowest BCUT2D eigenvalue weighted by Gasteiger charge is -2.02. The molecule has 0 aromatic carbocycles. The highest BCUT2D eigenvalue weighted by molar-refractivity contribution is 7.13. The Bertz CT molecular complexity index is 379. The lowest BCUT2D eigenvalue weighted by atomic mass is 10.5. The molecule has 0 fully saturated rings. The summed E-state index contributed by atoms with van der Waals surface area (Å²) in [5, 5.41) is 13.4. The van der Waals surface area contributed by atoms with Crippen LogP contribution in [0.4, 0.5) is 5.13 Å². The Hall–Kier alpha value is -1.67. The maximum absolute atomic E-state index is 10.5. The Morgan fingerprint density at radius 2 is 2.38 bits per heavy atom. The van der Waals surface area contributed by atoms with Crippen LogP contribution in [0, 0.1) is 0 Å². The average Bonchev–Trinajstić information content (AvgIpc) is 2.65. The minimum Gasteiger partial charge on any atom is -0.476 e. The van der Waals surface area contributed by atoms with E-state index >= 15 is 0 Å². The van der Waals surface area contributed by atoms with Gasteiger partial charge < -0.3 is 20.9 Å². The highest BCUT2D eigenvalue weighted by atomic mass is 32.1. The molecule has 0 saturated heterocycles. The summed E-state index contributed by atoms with van der Waals surface area (Å²) in [6.07, 6.45) is 0. The van der Waals surface area contributed by atoms with Crippen LogP contribution in [0.3, 0.4) is 0 Å². The molecule has 0 spiro atoms. The Kier molecular flexibility index (Phi) is 4.67. The fourth-order valence-corrected chi connectivity index (χ4v) is 1.57. The predicted octanol–water partition coefficient (Wildman–Crippen LogP) is -0.245. The molecule has 0 aliphatic rings. The third-order valence-electron chi connectivity index (χ3n) is 1.49. The second kappa shape index (κ2) is 6.03. The first-order valence-electron chi connectivity index (χ1n) is 4.38. The molecule has 1 rings (SSSR count). The highest BCUT2D eigenvalue weighted by Crippen LogP contribution is 2.14. The van der Waals surface area contributed by atoms with Crippen molar-refractivity contribution < 1.29 is 19.4 Å². The number of ether oxygens (including phenoxy) is 1. The lowest BCUT2D eigenvalue weighted by Crippen LogP contribution is -2.20. The van der Waals surface area contributed by atoms with Gasteiger partial charge in [-0.15, -0.1) is 11.3 Å². The van der Waals surface area contributed by atoms with Crippen LogP contribution in [0.15, 0.2) is 5.38 Å². The van der Waals surface area contributed by atoms with Crippen LogP contribution in [-0.4, -0.2) is 41.7 Å². The zero-order valence-electron chi connectivity index (χ0n) is 8.30. The number of carbonyl (C=O) groups is 2. The fourth-order valence-electron chi connectivity index (χ4n) is 0.856. The average molecular weight is 245 g/mol. The van der Waals surface area contributed by atoms with E-state index in [4.69, 9.17) is 15.6 Å². The predicted molar refractivity (Wildman–Crippen MR) is 57.6 cm³/mol. The molecule has 8 heteroatoms. The van der Waals surface area contributed by atoms with Crippen LogP contribution in [0.2, 0.25) is 0 Å². The van der Waals surface area contributed by atoms with Gasteiger partial charge in [0.05, 0.1) is 6.61 Å². The smallest absolute Gasteiger partial charge is 0.355 e. The molecule has 0 unspecified atom stereocenters. The number of hydrogen-bond acceptors (Lipinski definition) is 6.